The Morgan fingerprint density at radius 1 is 0.948 bits per heavy atom. The summed E-state index contributed by atoms with van der Waals surface area (Å²) in [6.45, 7) is 11.3. The van der Waals surface area contributed by atoms with Crippen LogP contribution in [0.5, 0.6) is 11.5 Å². The van der Waals surface area contributed by atoms with Crippen molar-refractivity contribution >= 4 is 17.9 Å². The highest BCUT2D eigenvalue weighted by atomic mass is 16.7. The number of aliphatic hydroxyl groups excluding tert-OH is 2. The zero-order valence-electron chi connectivity index (χ0n) is 35.9. The highest BCUT2D eigenvalue weighted by Crippen LogP contribution is 2.61. The van der Waals surface area contributed by atoms with E-state index in [0.717, 1.165) is 49.7 Å². The van der Waals surface area contributed by atoms with Gasteiger partial charge in [0.25, 0.3) is 0 Å². The minimum absolute atomic E-state index is 0.0498. The number of nitrogens with one attached hydrogen (secondary N) is 1. The number of rotatable bonds is 27. The van der Waals surface area contributed by atoms with Crippen LogP contribution in [0.4, 0.5) is 9.59 Å². The topological polar surface area (TPSA) is 148 Å². The van der Waals surface area contributed by atoms with Crippen LogP contribution in [0.25, 0.3) is 0 Å². The third-order valence-electron chi connectivity index (χ3n) is 12.0. The molecule has 2 amide bonds. The van der Waals surface area contributed by atoms with Crippen LogP contribution in [0.2, 0.25) is 0 Å². The molecule has 1 aromatic carbocycles. The lowest BCUT2D eigenvalue weighted by Gasteiger charge is -2.59. The Balaban J connectivity index is 1.70. The number of oxime groups is 1. The van der Waals surface area contributed by atoms with Gasteiger partial charge in [0.1, 0.15) is 24.1 Å². The second kappa shape index (κ2) is 25.1. The van der Waals surface area contributed by atoms with Crippen molar-refractivity contribution in [1.29, 1.82) is 0 Å². The molecule has 0 spiro atoms. The van der Waals surface area contributed by atoms with Crippen LogP contribution in [0.15, 0.2) is 47.7 Å². The summed E-state index contributed by atoms with van der Waals surface area (Å²) in [5, 5.41) is 27.2. The van der Waals surface area contributed by atoms with Gasteiger partial charge in [0.15, 0.2) is 0 Å². The van der Waals surface area contributed by atoms with E-state index in [1.54, 1.807) is 31.0 Å². The highest BCUT2D eigenvalue weighted by Gasteiger charge is 2.65. The van der Waals surface area contributed by atoms with Gasteiger partial charge in [0.05, 0.1) is 24.8 Å². The lowest BCUT2D eigenvalue weighted by Crippen LogP contribution is -2.69. The number of carbonyl (C=O) groups is 2. The molecule has 2 aliphatic carbocycles. The lowest BCUT2D eigenvalue weighted by molar-refractivity contribution is -0.253. The number of likely N-dealkylation sites (N-methyl/N-ethyl adjacent to an activating group) is 1. The summed E-state index contributed by atoms with van der Waals surface area (Å²) < 4.78 is 25.4. The molecule has 6 atom stereocenters. The van der Waals surface area contributed by atoms with E-state index >= 15 is 0 Å². The number of unbranched alkanes of at least 4 members (excludes halogenated alkanes) is 11. The zero-order valence-corrected chi connectivity index (χ0v) is 35.9. The van der Waals surface area contributed by atoms with Gasteiger partial charge in [-0.3, -0.25) is 0 Å². The first-order chi connectivity index (χ1) is 28.3. The molecule has 58 heavy (non-hydrogen) atoms. The SMILES string of the molecule is C=CCO[C@@]12Oc3ccc(OC(=O)NCCCCCCCCCCCC)cc3[C@H]3[C@H](CCCCO)[C@@H](CCCCO)C=C(C(=NOCC)C[C@@H]1N(C)C(=O)OCC)[C@H]32. The van der Waals surface area contributed by atoms with E-state index in [4.69, 9.17) is 23.8 Å². The number of hydrogen-bond donors (Lipinski definition) is 3. The zero-order chi connectivity index (χ0) is 41.8. The van der Waals surface area contributed by atoms with Crippen molar-refractivity contribution in [1.82, 2.24) is 10.2 Å². The Hall–Kier alpha value is -3.61. The molecule has 326 valence electrons. The third kappa shape index (κ3) is 12.5. The van der Waals surface area contributed by atoms with Crippen LogP contribution in [0, 0.1) is 17.8 Å². The second-order valence-electron chi connectivity index (χ2n) is 16.0. The molecule has 12 nitrogen and oxygen atoms in total. The number of fused-ring (bicyclic) bond motifs is 2. The predicted octanol–water partition coefficient (Wildman–Crippen LogP) is 9.44. The number of hydrogen-bond acceptors (Lipinski definition) is 10. The van der Waals surface area contributed by atoms with Crippen molar-refractivity contribution in [3.05, 3.63) is 48.1 Å². The van der Waals surface area contributed by atoms with Crippen LogP contribution >= 0.6 is 0 Å². The summed E-state index contributed by atoms with van der Waals surface area (Å²) in [6.07, 6.45) is 20.0. The molecule has 0 unspecified atom stereocenters. The fraction of sp³-hybridized carbons (Fsp3) is 0.717. The minimum Gasteiger partial charge on any atom is -0.459 e. The molecule has 1 fully saturated rings. The van der Waals surface area contributed by atoms with E-state index in [9.17, 15) is 19.8 Å². The van der Waals surface area contributed by atoms with Gasteiger partial charge >= 0.3 is 12.2 Å². The Morgan fingerprint density at radius 3 is 2.29 bits per heavy atom. The van der Waals surface area contributed by atoms with Crippen LogP contribution in [-0.4, -0.2) is 91.5 Å². The number of aliphatic hydroxyl groups is 2. The number of amides is 2. The molecule has 12 heteroatoms. The average Bonchev–Trinajstić information content (AvgIpc) is 3.22. The minimum atomic E-state index is -1.37. The Labute approximate surface area is 347 Å². The van der Waals surface area contributed by atoms with Crippen molar-refractivity contribution in [3.8, 4) is 11.5 Å². The monoisotopic (exact) mass is 812 g/mol. The van der Waals surface area contributed by atoms with Crippen molar-refractivity contribution in [2.24, 2.45) is 22.9 Å². The fourth-order valence-electron chi connectivity index (χ4n) is 9.23. The number of carbonyl (C=O) groups excluding carboxylic acids is 2. The first kappa shape index (κ1) is 47.1. The highest BCUT2D eigenvalue weighted by molar-refractivity contribution is 6.02. The fourth-order valence-corrected chi connectivity index (χ4v) is 9.23. The summed E-state index contributed by atoms with van der Waals surface area (Å²) in [7, 11) is 1.70. The molecule has 1 saturated carbocycles. The van der Waals surface area contributed by atoms with Gasteiger partial charge in [-0.15, -0.1) is 6.58 Å². The van der Waals surface area contributed by atoms with Crippen LogP contribution in [0.1, 0.15) is 141 Å². The van der Waals surface area contributed by atoms with Gasteiger partial charge in [-0.05, 0) is 81.6 Å². The lowest BCUT2D eigenvalue weighted by atomic mass is 9.55. The maximum Gasteiger partial charge on any atom is 0.412 e. The molecule has 1 aromatic rings. The van der Waals surface area contributed by atoms with Crippen LogP contribution in [0.3, 0.4) is 0 Å². The molecular weight excluding hydrogens is 739 g/mol. The molecule has 1 aliphatic heterocycles. The summed E-state index contributed by atoms with van der Waals surface area (Å²) in [4.78, 5) is 33.9. The maximum absolute atomic E-state index is 13.5. The van der Waals surface area contributed by atoms with Crippen molar-refractivity contribution in [2.45, 2.75) is 148 Å². The molecule has 0 aromatic heterocycles. The Kier molecular flexibility index (Phi) is 20.4. The summed E-state index contributed by atoms with van der Waals surface area (Å²) in [5.41, 5.74) is 2.53. The smallest absolute Gasteiger partial charge is 0.412 e. The third-order valence-corrected chi connectivity index (χ3v) is 12.0. The van der Waals surface area contributed by atoms with E-state index in [1.165, 1.54) is 51.4 Å². The second-order valence-corrected chi connectivity index (χ2v) is 16.0. The molecule has 0 radical (unpaired) electrons. The van der Waals surface area contributed by atoms with Crippen LogP contribution in [-0.2, 0) is 14.3 Å². The summed E-state index contributed by atoms with van der Waals surface area (Å²) in [5.74, 6) is -0.927. The van der Waals surface area contributed by atoms with Gasteiger partial charge < -0.3 is 44.2 Å². The van der Waals surface area contributed by atoms with Gasteiger partial charge in [0.2, 0.25) is 5.79 Å². The first-order valence-corrected chi connectivity index (χ1v) is 22.4. The molecule has 3 aliphatic rings. The largest absolute Gasteiger partial charge is 0.459 e. The normalized spacial score (nSPS) is 23.9. The standard InChI is InChI=1S/C46H73N3O9/c1-6-10-11-12-13-14-15-16-17-20-27-47-44(52)57-35-25-26-40-38(32-35)42-36(24-19-22-29-51)34(23-18-21-28-50)31-37-39(48-56-9-4)33-41(49(5)45(53)54-8-3)46(58-40,43(37)42)55-30-7-2/h7,25-26,31-32,34,36,41-43,50-51H,2,6,8-24,27-30,33H2,1,3-5H3,(H,47,52)/t34-,36+,41-,42+,43+,46+/m0/s1. The van der Waals surface area contributed by atoms with Gasteiger partial charge in [0, 0.05) is 44.7 Å². The van der Waals surface area contributed by atoms with E-state index in [2.05, 4.69) is 30.1 Å². The number of benzene rings is 1. The Morgan fingerprint density at radius 2 is 1.64 bits per heavy atom. The van der Waals surface area contributed by atoms with E-state index < -0.39 is 29.9 Å². The molecular formula is C46H73N3O9. The molecule has 0 saturated heterocycles. The first-order valence-electron chi connectivity index (χ1n) is 22.4. The van der Waals surface area contributed by atoms with Crippen molar-refractivity contribution < 1.29 is 43.6 Å². The number of ether oxygens (including phenoxy) is 4. The van der Waals surface area contributed by atoms with Gasteiger partial charge in [-0.25, -0.2) is 9.59 Å². The van der Waals surface area contributed by atoms with Crippen LogP contribution < -0.4 is 14.8 Å². The van der Waals surface area contributed by atoms with Gasteiger partial charge in [-0.2, -0.15) is 0 Å². The quantitative estimate of drug-likeness (QED) is 0.0449. The number of allylic oxidation sites excluding steroid dienone is 1. The van der Waals surface area contributed by atoms with Crippen molar-refractivity contribution in [2.75, 3.05) is 46.6 Å². The van der Waals surface area contributed by atoms with E-state index in [-0.39, 0.29) is 50.6 Å². The number of nitrogens with zero attached hydrogens (tertiary/aromatic N) is 2. The maximum atomic E-state index is 13.5. The van der Waals surface area contributed by atoms with E-state index in [1.807, 2.05) is 19.1 Å². The molecule has 4 rings (SSSR count). The Bertz CT molecular complexity index is 1480. The summed E-state index contributed by atoms with van der Waals surface area (Å²) >= 11 is 0. The van der Waals surface area contributed by atoms with Crippen molar-refractivity contribution in [3.63, 3.8) is 0 Å². The van der Waals surface area contributed by atoms with E-state index in [0.29, 0.717) is 43.2 Å². The van der Waals surface area contributed by atoms with Gasteiger partial charge in [-0.1, -0.05) is 94.9 Å². The predicted molar refractivity (Wildman–Crippen MR) is 227 cm³/mol. The molecule has 0 bridgehead atoms. The average molecular weight is 812 g/mol. The molecule has 3 N–H and O–H groups in total. The molecule has 1 heterocycles. The summed E-state index contributed by atoms with van der Waals surface area (Å²) in [6, 6.07) is 4.83.